The maximum Gasteiger partial charge on any atom is 0.155 e. The molecule has 0 N–H and O–H groups in total. The van der Waals surface area contributed by atoms with E-state index in [0.717, 1.165) is 89.1 Å². The predicted octanol–water partition coefficient (Wildman–Crippen LogP) is 11.3. The summed E-state index contributed by atoms with van der Waals surface area (Å²) in [5.41, 5.74) is 14.5. The molecule has 3 aromatic heterocycles. The molecule has 0 spiro atoms. The molecule has 232 valence electrons. The Kier molecular flexibility index (Phi) is 8.31. The highest BCUT2D eigenvalue weighted by Gasteiger charge is 2.15. The molecule has 4 nitrogen and oxygen atoms in total. The molecule has 0 aliphatic heterocycles. The van der Waals surface area contributed by atoms with Crippen molar-refractivity contribution in [1.82, 2.24) is 15.0 Å². The lowest BCUT2D eigenvalue weighted by molar-refractivity contribution is 1.14. The van der Waals surface area contributed by atoms with Gasteiger partial charge >= 0.3 is 0 Å². The van der Waals surface area contributed by atoms with Gasteiger partial charge in [-0.25, -0.2) is 9.98 Å². The van der Waals surface area contributed by atoms with E-state index in [2.05, 4.69) is 105 Å². The fourth-order valence-corrected chi connectivity index (χ4v) is 6.21. The first-order valence-corrected chi connectivity index (χ1v) is 16.2. The molecule has 0 unspecified atom stereocenters. The Morgan fingerprint density at radius 3 is 1.83 bits per heavy atom. The van der Waals surface area contributed by atoms with Gasteiger partial charge in [-0.1, -0.05) is 73.3 Å². The quantitative estimate of drug-likeness (QED) is 0.167. The summed E-state index contributed by atoms with van der Waals surface area (Å²) in [7, 11) is 0. The van der Waals surface area contributed by atoms with Crippen LogP contribution in [-0.2, 0) is 0 Å². The fraction of sp³-hybridized carbons (Fsp3) is 0.0909. The zero-order valence-corrected chi connectivity index (χ0v) is 27.7. The summed E-state index contributed by atoms with van der Waals surface area (Å²) in [4.78, 5) is 19.5. The van der Waals surface area contributed by atoms with Gasteiger partial charge in [0.15, 0.2) is 5.82 Å². The second-order valence-corrected chi connectivity index (χ2v) is 12.3. The Bertz CT molecular complexity index is 2320. The van der Waals surface area contributed by atoms with Crippen LogP contribution in [-0.4, -0.2) is 20.7 Å². The van der Waals surface area contributed by atoms with Gasteiger partial charge in [0.05, 0.1) is 11.0 Å². The largest absolute Gasteiger partial charge is 0.256 e. The van der Waals surface area contributed by atoms with Gasteiger partial charge in [0.1, 0.15) is 0 Å². The number of rotatable bonds is 7. The molecule has 0 amide bonds. The Morgan fingerprint density at radius 2 is 1.23 bits per heavy atom. The van der Waals surface area contributed by atoms with Gasteiger partial charge < -0.3 is 0 Å². The van der Waals surface area contributed by atoms with E-state index < -0.39 is 0 Å². The number of aromatic nitrogens is 3. The molecule has 3 heterocycles. The number of nitrogens with zero attached hydrogens (tertiary/aromatic N) is 4. The fourth-order valence-electron chi connectivity index (χ4n) is 6.21. The van der Waals surface area contributed by atoms with Crippen LogP contribution in [0.15, 0.2) is 139 Å². The maximum absolute atomic E-state index is 5.02. The Labute approximate surface area is 281 Å². The first-order chi connectivity index (χ1) is 23.4. The maximum atomic E-state index is 5.02. The van der Waals surface area contributed by atoms with Crippen molar-refractivity contribution in [2.24, 2.45) is 4.99 Å². The molecule has 48 heavy (non-hydrogen) atoms. The van der Waals surface area contributed by atoms with Gasteiger partial charge in [0.2, 0.25) is 0 Å². The normalized spacial score (nSPS) is 12.1. The molecule has 4 heteroatoms. The summed E-state index contributed by atoms with van der Waals surface area (Å²) in [6.45, 7) is 12.2. The van der Waals surface area contributed by atoms with E-state index in [0.29, 0.717) is 0 Å². The number of para-hydroxylation sites is 2. The predicted molar refractivity (Wildman–Crippen MR) is 203 cm³/mol. The molecule has 0 saturated carbocycles. The van der Waals surface area contributed by atoms with Crippen molar-refractivity contribution in [3.05, 3.63) is 168 Å². The summed E-state index contributed by atoms with van der Waals surface area (Å²) in [5, 5.41) is 2.21. The SMILES string of the molecule is C=Cc1cc(C)c(N=C(C)/C=C(/c2cc(-c3cnc4ccccc4c3)cc(-c3cnc4ccccc4c3)c2)c2ccccc2C)nc1C. The van der Waals surface area contributed by atoms with E-state index in [4.69, 9.17) is 19.9 Å². The summed E-state index contributed by atoms with van der Waals surface area (Å²) in [6, 6.07) is 38.3. The lowest BCUT2D eigenvalue weighted by Gasteiger charge is -2.16. The summed E-state index contributed by atoms with van der Waals surface area (Å²) < 4.78 is 0. The summed E-state index contributed by atoms with van der Waals surface area (Å²) >= 11 is 0. The standard InChI is InChI=1S/C44H36N4/c1-6-32-19-29(3)44(48-31(32)5)47-30(4)20-41(40-16-10-7-13-28(40)2)37-24-35(38-21-33-14-8-11-17-42(33)45-26-38)23-36(25-37)39-22-34-15-9-12-18-43(34)46-27-39/h6-27H,1H2,2-5H3/b41-20-,47-30?. The Balaban J connectivity index is 1.45. The third-order valence-electron chi connectivity index (χ3n) is 8.80. The average molecular weight is 621 g/mol. The van der Waals surface area contributed by atoms with Gasteiger partial charge in [-0.05, 0) is 127 Å². The zero-order chi connectivity index (χ0) is 33.2. The highest BCUT2D eigenvalue weighted by atomic mass is 14.9. The minimum absolute atomic E-state index is 0.717. The van der Waals surface area contributed by atoms with E-state index >= 15 is 0 Å². The number of pyridine rings is 3. The lowest BCUT2D eigenvalue weighted by Crippen LogP contribution is -1.98. The molecular weight excluding hydrogens is 585 g/mol. The minimum Gasteiger partial charge on any atom is -0.256 e. The average Bonchev–Trinajstić information content (AvgIpc) is 3.11. The highest BCUT2D eigenvalue weighted by molar-refractivity contribution is 6.04. The van der Waals surface area contributed by atoms with Crippen LogP contribution < -0.4 is 0 Å². The topological polar surface area (TPSA) is 51.0 Å². The minimum atomic E-state index is 0.717. The van der Waals surface area contributed by atoms with Crippen molar-refractivity contribution in [3.8, 4) is 22.3 Å². The van der Waals surface area contributed by atoms with Crippen LogP contribution in [0.5, 0.6) is 0 Å². The molecule has 0 atom stereocenters. The number of benzene rings is 4. The van der Waals surface area contributed by atoms with Crippen LogP contribution >= 0.6 is 0 Å². The second kappa shape index (κ2) is 13.0. The van der Waals surface area contributed by atoms with Crippen molar-refractivity contribution >= 4 is 45.0 Å². The molecule has 0 saturated heterocycles. The van der Waals surface area contributed by atoms with E-state index in [1.54, 1.807) is 0 Å². The molecule has 0 radical (unpaired) electrons. The molecular formula is C44H36N4. The first kappa shape index (κ1) is 30.6. The molecule has 7 aromatic rings. The number of fused-ring (bicyclic) bond motifs is 2. The lowest BCUT2D eigenvalue weighted by atomic mass is 9.88. The number of hydrogen-bond donors (Lipinski definition) is 0. The van der Waals surface area contributed by atoms with Gasteiger partial charge in [-0.2, -0.15) is 0 Å². The van der Waals surface area contributed by atoms with Crippen molar-refractivity contribution in [1.29, 1.82) is 0 Å². The number of aliphatic imine (C=N–C) groups is 1. The summed E-state index contributed by atoms with van der Waals surface area (Å²) in [5.74, 6) is 0.717. The van der Waals surface area contributed by atoms with Crippen LogP contribution in [0.1, 0.15) is 40.4 Å². The van der Waals surface area contributed by atoms with Gasteiger partial charge in [0.25, 0.3) is 0 Å². The molecule has 7 rings (SSSR count). The third kappa shape index (κ3) is 6.21. The zero-order valence-electron chi connectivity index (χ0n) is 27.7. The van der Waals surface area contributed by atoms with Crippen LogP contribution in [0, 0.1) is 20.8 Å². The van der Waals surface area contributed by atoms with Crippen molar-refractivity contribution < 1.29 is 0 Å². The first-order valence-electron chi connectivity index (χ1n) is 16.2. The monoisotopic (exact) mass is 620 g/mol. The number of allylic oxidation sites excluding steroid dienone is 1. The van der Waals surface area contributed by atoms with Crippen LogP contribution in [0.2, 0.25) is 0 Å². The highest BCUT2D eigenvalue weighted by Crippen LogP contribution is 2.36. The van der Waals surface area contributed by atoms with Crippen molar-refractivity contribution in [3.63, 3.8) is 0 Å². The second-order valence-electron chi connectivity index (χ2n) is 12.3. The van der Waals surface area contributed by atoms with E-state index in [1.165, 1.54) is 5.56 Å². The molecule has 4 aromatic carbocycles. The van der Waals surface area contributed by atoms with Gasteiger partial charge in [-0.3, -0.25) is 9.97 Å². The van der Waals surface area contributed by atoms with E-state index in [9.17, 15) is 0 Å². The number of aryl methyl sites for hydroxylation is 3. The van der Waals surface area contributed by atoms with Gasteiger partial charge in [0, 0.05) is 45.7 Å². The Hall–Kier alpha value is -6.00. The van der Waals surface area contributed by atoms with Crippen LogP contribution in [0.3, 0.4) is 0 Å². The van der Waals surface area contributed by atoms with E-state index in [1.807, 2.05) is 63.5 Å². The molecule has 0 aliphatic carbocycles. The van der Waals surface area contributed by atoms with Gasteiger partial charge in [-0.15, -0.1) is 0 Å². The third-order valence-corrected chi connectivity index (χ3v) is 8.80. The summed E-state index contributed by atoms with van der Waals surface area (Å²) in [6.07, 6.45) is 7.96. The smallest absolute Gasteiger partial charge is 0.155 e. The van der Waals surface area contributed by atoms with Crippen LogP contribution in [0.4, 0.5) is 5.82 Å². The molecule has 0 aliphatic rings. The number of hydrogen-bond acceptors (Lipinski definition) is 4. The Morgan fingerprint density at radius 1 is 0.646 bits per heavy atom. The van der Waals surface area contributed by atoms with Crippen molar-refractivity contribution in [2.45, 2.75) is 27.7 Å². The van der Waals surface area contributed by atoms with Crippen LogP contribution in [0.25, 0.3) is 55.7 Å². The molecule has 0 fully saturated rings. The molecule has 0 bridgehead atoms. The van der Waals surface area contributed by atoms with Crippen molar-refractivity contribution in [2.75, 3.05) is 0 Å². The van der Waals surface area contributed by atoms with E-state index in [-0.39, 0.29) is 0 Å².